The first kappa shape index (κ1) is 19.1. The van der Waals surface area contributed by atoms with Crippen LogP contribution in [0.3, 0.4) is 0 Å². The second-order valence-corrected chi connectivity index (χ2v) is 6.70. The van der Waals surface area contributed by atoms with Gasteiger partial charge in [-0.25, -0.2) is 4.79 Å². The maximum Gasteiger partial charge on any atom is 0.335 e. The molecule has 0 spiro atoms. The maximum absolute atomic E-state index is 11.1. The van der Waals surface area contributed by atoms with E-state index in [2.05, 4.69) is 5.32 Å². The highest BCUT2D eigenvalue weighted by Crippen LogP contribution is 2.25. The summed E-state index contributed by atoms with van der Waals surface area (Å²) in [5, 5.41) is 13.4. The van der Waals surface area contributed by atoms with Gasteiger partial charge in [0.2, 0.25) is 0 Å². The molecule has 3 aromatic carbocycles. The second kappa shape index (κ2) is 8.80. The van der Waals surface area contributed by atoms with E-state index in [1.807, 2.05) is 48.5 Å². The van der Waals surface area contributed by atoms with Crippen LogP contribution < -0.4 is 10.1 Å². The third kappa shape index (κ3) is 5.16. The molecule has 0 aliphatic heterocycles. The van der Waals surface area contributed by atoms with Gasteiger partial charge in [0.15, 0.2) is 0 Å². The Labute approximate surface area is 167 Å². The Kier molecular flexibility index (Phi) is 6.22. The summed E-state index contributed by atoms with van der Waals surface area (Å²) in [6, 6.07) is 19.7. The summed E-state index contributed by atoms with van der Waals surface area (Å²) >= 11 is 12.3. The van der Waals surface area contributed by atoms with E-state index < -0.39 is 5.97 Å². The first-order valence-electron chi connectivity index (χ1n) is 8.25. The van der Waals surface area contributed by atoms with Gasteiger partial charge < -0.3 is 15.2 Å². The molecular formula is C21H17Cl2NO3. The molecule has 0 atom stereocenters. The molecule has 0 aromatic heterocycles. The summed E-state index contributed by atoms with van der Waals surface area (Å²) in [7, 11) is 0. The summed E-state index contributed by atoms with van der Waals surface area (Å²) in [6.07, 6.45) is 0. The predicted molar refractivity (Wildman–Crippen MR) is 108 cm³/mol. The van der Waals surface area contributed by atoms with Crippen LogP contribution in [0.25, 0.3) is 0 Å². The summed E-state index contributed by atoms with van der Waals surface area (Å²) in [6.45, 7) is 0.856. The van der Waals surface area contributed by atoms with Gasteiger partial charge in [-0.05, 0) is 42.0 Å². The minimum absolute atomic E-state index is 0.179. The fourth-order valence-electron chi connectivity index (χ4n) is 2.51. The van der Waals surface area contributed by atoms with Crippen LogP contribution in [0.4, 0.5) is 5.69 Å². The molecule has 6 heteroatoms. The third-order valence-corrected chi connectivity index (χ3v) is 4.65. The lowest BCUT2D eigenvalue weighted by Crippen LogP contribution is -2.03. The molecule has 0 radical (unpaired) electrons. The second-order valence-electron chi connectivity index (χ2n) is 5.88. The number of carboxylic acid groups (broad SMARTS) is 1. The number of anilines is 1. The van der Waals surface area contributed by atoms with Gasteiger partial charge in [-0.3, -0.25) is 0 Å². The monoisotopic (exact) mass is 401 g/mol. The van der Waals surface area contributed by atoms with Crippen molar-refractivity contribution >= 4 is 34.9 Å². The SMILES string of the molecule is O=C(O)c1ccc(Cl)c(NCc2cccc(OCc3ccccc3Cl)c2)c1. The average Bonchev–Trinajstić information content (AvgIpc) is 2.67. The minimum atomic E-state index is -0.996. The molecule has 27 heavy (non-hydrogen) atoms. The molecule has 0 amide bonds. The van der Waals surface area contributed by atoms with Crippen molar-refractivity contribution in [2.45, 2.75) is 13.2 Å². The molecule has 2 N–H and O–H groups in total. The zero-order valence-electron chi connectivity index (χ0n) is 14.3. The van der Waals surface area contributed by atoms with Crippen LogP contribution in [0.5, 0.6) is 5.75 Å². The van der Waals surface area contributed by atoms with Crippen molar-refractivity contribution in [2.75, 3.05) is 5.32 Å². The van der Waals surface area contributed by atoms with Gasteiger partial charge in [-0.2, -0.15) is 0 Å². The molecule has 3 aromatic rings. The number of ether oxygens (including phenoxy) is 1. The molecule has 0 saturated heterocycles. The van der Waals surface area contributed by atoms with E-state index in [1.165, 1.54) is 12.1 Å². The largest absolute Gasteiger partial charge is 0.489 e. The van der Waals surface area contributed by atoms with Gasteiger partial charge in [0.05, 0.1) is 16.3 Å². The number of aromatic carboxylic acids is 1. The molecule has 0 heterocycles. The lowest BCUT2D eigenvalue weighted by Gasteiger charge is -2.12. The highest BCUT2D eigenvalue weighted by Gasteiger charge is 2.07. The zero-order chi connectivity index (χ0) is 19.2. The number of benzene rings is 3. The Balaban J connectivity index is 1.65. The Morgan fingerprint density at radius 3 is 2.56 bits per heavy atom. The predicted octanol–water partition coefficient (Wildman–Crippen LogP) is 5.88. The fourth-order valence-corrected chi connectivity index (χ4v) is 2.89. The van der Waals surface area contributed by atoms with Gasteiger partial charge in [-0.15, -0.1) is 0 Å². The van der Waals surface area contributed by atoms with Crippen molar-refractivity contribution in [1.29, 1.82) is 0 Å². The number of carboxylic acids is 1. The van der Waals surface area contributed by atoms with E-state index in [0.717, 1.165) is 16.9 Å². The number of carbonyl (C=O) groups is 1. The molecule has 4 nitrogen and oxygen atoms in total. The van der Waals surface area contributed by atoms with Crippen molar-refractivity contribution in [3.63, 3.8) is 0 Å². The van der Waals surface area contributed by atoms with E-state index in [1.54, 1.807) is 6.07 Å². The Bertz CT molecular complexity index is 960. The molecule has 0 saturated carbocycles. The van der Waals surface area contributed by atoms with E-state index >= 15 is 0 Å². The first-order valence-corrected chi connectivity index (χ1v) is 9.00. The number of rotatable bonds is 7. The standard InChI is InChI=1S/C21H17Cl2NO3/c22-18-7-2-1-5-16(18)13-27-17-6-3-4-14(10-17)12-24-20-11-15(21(25)26)8-9-19(20)23/h1-11,24H,12-13H2,(H,25,26). The third-order valence-electron chi connectivity index (χ3n) is 3.95. The van der Waals surface area contributed by atoms with Gasteiger partial charge >= 0.3 is 5.97 Å². The van der Waals surface area contributed by atoms with Crippen LogP contribution in [-0.2, 0) is 13.2 Å². The summed E-state index contributed by atoms with van der Waals surface area (Å²) < 4.78 is 5.82. The molecule has 3 rings (SSSR count). The number of halogens is 2. The van der Waals surface area contributed by atoms with Gasteiger partial charge in [0.1, 0.15) is 12.4 Å². The number of hydrogen-bond acceptors (Lipinski definition) is 3. The van der Waals surface area contributed by atoms with Crippen LogP contribution in [0.1, 0.15) is 21.5 Å². The normalized spacial score (nSPS) is 10.4. The van der Waals surface area contributed by atoms with Gasteiger partial charge in [-0.1, -0.05) is 53.5 Å². The van der Waals surface area contributed by atoms with Crippen molar-refractivity contribution in [1.82, 2.24) is 0 Å². The van der Waals surface area contributed by atoms with Crippen molar-refractivity contribution in [3.8, 4) is 5.75 Å². The lowest BCUT2D eigenvalue weighted by atomic mass is 10.1. The summed E-state index contributed by atoms with van der Waals surface area (Å²) in [4.78, 5) is 11.1. The molecule has 0 fully saturated rings. The number of nitrogens with one attached hydrogen (secondary N) is 1. The Hall–Kier alpha value is -2.69. The molecule has 0 aliphatic carbocycles. The average molecular weight is 402 g/mol. The molecular weight excluding hydrogens is 385 g/mol. The van der Waals surface area contributed by atoms with E-state index in [4.69, 9.17) is 33.0 Å². The Morgan fingerprint density at radius 1 is 0.963 bits per heavy atom. The minimum Gasteiger partial charge on any atom is -0.489 e. The number of hydrogen-bond donors (Lipinski definition) is 2. The molecule has 0 aliphatic rings. The lowest BCUT2D eigenvalue weighted by molar-refractivity contribution is 0.0697. The smallest absolute Gasteiger partial charge is 0.335 e. The zero-order valence-corrected chi connectivity index (χ0v) is 15.8. The van der Waals surface area contributed by atoms with Crippen LogP contribution >= 0.6 is 23.2 Å². The van der Waals surface area contributed by atoms with Crippen LogP contribution in [-0.4, -0.2) is 11.1 Å². The van der Waals surface area contributed by atoms with Crippen molar-refractivity contribution in [2.24, 2.45) is 0 Å². The van der Waals surface area contributed by atoms with Gasteiger partial charge in [0, 0.05) is 17.1 Å². The van der Waals surface area contributed by atoms with E-state index in [-0.39, 0.29) is 5.56 Å². The van der Waals surface area contributed by atoms with Crippen LogP contribution in [0.15, 0.2) is 66.7 Å². The summed E-state index contributed by atoms with van der Waals surface area (Å²) in [5.41, 5.74) is 2.64. The van der Waals surface area contributed by atoms with Crippen molar-refractivity contribution in [3.05, 3.63) is 93.5 Å². The van der Waals surface area contributed by atoms with Crippen LogP contribution in [0.2, 0.25) is 10.0 Å². The highest BCUT2D eigenvalue weighted by molar-refractivity contribution is 6.33. The Morgan fingerprint density at radius 2 is 1.78 bits per heavy atom. The highest BCUT2D eigenvalue weighted by atomic mass is 35.5. The maximum atomic E-state index is 11.1. The van der Waals surface area contributed by atoms with Crippen LogP contribution in [0, 0.1) is 0 Å². The fraction of sp³-hybridized carbons (Fsp3) is 0.0952. The first-order chi connectivity index (χ1) is 13.0. The van der Waals surface area contributed by atoms with Crippen molar-refractivity contribution < 1.29 is 14.6 Å². The van der Waals surface area contributed by atoms with E-state index in [9.17, 15) is 4.79 Å². The van der Waals surface area contributed by atoms with E-state index in [0.29, 0.717) is 28.9 Å². The van der Waals surface area contributed by atoms with Gasteiger partial charge in [0.25, 0.3) is 0 Å². The topological polar surface area (TPSA) is 58.6 Å². The quantitative estimate of drug-likeness (QED) is 0.518. The molecule has 0 unspecified atom stereocenters. The summed E-state index contributed by atoms with van der Waals surface area (Å²) in [5.74, 6) is -0.274. The molecule has 138 valence electrons. The molecule has 0 bridgehead atoms.